The number of carbonyl (C=O) groups is 2. The molecule has 134 valence electrons. The van der Waals surface area contributed by atoms with Gasteiger partial charge >= 0.3 is 0 Å². The van der Waals surface area contributed by atoms with E-state index in [9.17, 15) is 14.4 Å². The number of carbonyl (C=O) groups excluding carboxylic acids is 2. The Morgan fingerprint density at radius 2 is 1.96 bits per heavy atom. The maximum absolute atomic E-state index is 13.1. The fourth-order valence-corrected chi connectivity index (χ4v) is 4.07. The van der Waals surface area contributed by atoms with Crippen LogP contribution in [0.4, 0.5) is 11.5 Å². The van der Waals surface area contributed by atoms with Crippen molar-refractivity contribution >= 4 is 23.2 Å². The number of hydrogen-bond acceptors (Lipinski definition) is 4. The molecular formula is C20H21N3O3. The highest BCUT2D eigenvalue weighted by Crippen LogP contribution is 2.38. The monoisotopic (exact) mass is 351 g/mol. The first kappa shape index (κ1) is 16.6. The van der Waals surface area contributed by atoms with Crippen LogP contribution in [0, 0.1) is 0 Å². The van der Waals surface area contributed by atoms with Gasteiger partial charge < -0.3 is 10.6 Å². The summed E-state index contributed by atoms with van der Waals surface area (Å²) in [4.78, 5) is 36.8. The standard InChI is InChI=1S/C20H21N3O3/c1-12(24)21-14-6-4-5-13(11-14)19(26)15-9-10-18(25)23-17-8-3-2-7-16(17)22-20(15)23/h4-6,9-11,16-17,22H,2-3,7-8H2,1H3,(H,21,24)/t16-,17-/m1/s1. The highest BCUT2D eigenvalue weighted by Gasteiger charge is 2.36. The van der Waals surface area contributed by atoms with Gasteiger partial charge in [0.25, 0.3) is 5.56 Å². The van der Waals surface area contributed by atoms with Crippen LogP contribution >= 0.6 is 0 Å². The molecule has 26 heavy (non-hydrogen) atoms. The molecule has 0 spiro atoms. The largest absolute Gasteiger partial charge is 0.366 e. The zero-order valence-corrected chi connectivity index (χ0v) is 14.6. The second kappa shape index (κ2) is 6.44. The van der Waals surface area contributed by atoms with E-state index in [4.69, 9.17) is 0 Å². The van der Waals surface area contributed by atoms with Gasteiger partial charge in [-0.15, -0.1) is 0 Å². The van der Waals surface area contributed by atoms with Crippen molar-refractivity contribution < 1.29 is 9.59 Å². The molecule has 1 fully saturated rings. The molecule has 2 N–H and O–H groups in total. The molecule has 1 saturated carbocycles. The highest BCUT2D eigenvalue weighted by atomic mass is 16.1. The lowest BCUT2D eigenvalue weighted by Gasteiger charge is -2.25. The van der Waals surface area contributed by atoms with Gasteiger partial charge in [0.1, 0.15) is 5.82 Å². The van der Waals surface area contributed by atoms with Crippen LogP contribution in [0.15, 0.2) is 41.2 Å². The average Bonchev–Trinajstić information content (AvgIpc) is 3.01. The SMILES string of the molecule is CC(=O)Nc1cccc(C(=O)c2ccc(=O)n3c2N[C@@H]2CCCC[C@H]23)c1. The molecule has 1 amide bonds. The number of fused-ring (bicyclic) bond motifs is 3. The fourth-order valence-electron chi connectivity index (χ4n) is 4.07. The summed E-state index contributed by atoms with van der Waals surface area (Å²) in [5, 5.41) is 6.11. The fraction of sp³-hybridized carbons (Fsp3) is 0.350. The normalized spacial score (nSPS) is 20.7. The smallest absolute Gasteiger partial charge is 0.252 e. The summed E-state index contributed by atoms with van der Waals surface area (Å²) >= 11 is 0. The Morgan fingerprint density at radius 3 is 2.77 bits per heavy atom. The number of nitrogens with zero attached hydrogens (tertiary/aromatic N) is 1. The Labute approximate surface area is 151 Å². The molecule has 2 aromatic rings. The van der Waals surface area contributed by atoms with Crippen molar-refractivity contribution in [2.45, 2.75) is 44.7 Å². The predicted molar refractivity (Wildman–Crippen MR) is 99.8 cm³/mol. The van der Waals surface area contributed by atoms with Crippen LogP contribution in [0.2, 0.25) is 0 Å². The van der Waals surface area contributed by atoms with Crippen molar-refractivity contribution in [3.63, 3.8) is 0 Å². The number of amides is 1. The summed E-state index contributed by atoms with van der Waals surface area (Å²) in [5.74, 6) is 0.281. The Balaban J connectivity index is 1.74. The molecular weight excluding hydrogens is 330 g/mol. The molecule has 4 rings (SSSR count). The first-order chi connectivity index (χ1) is 12.5. The summed E-state index contributed by atoms with van der Waals surface area (Å²) in [6.45, 7) is 1.43. The molecule has 0 saturated heterocycles. The lowest BCUT2D eigenvalue weighted by atomic mass is 9.91. The van der Waals surface area contributed by atoms with E-state index in [0.29, 0.717) is 22.6 Å². The van der Waals surface area contributed by atoms with Gasteiger partial charge in [-0.2, -0.15) is 0 Å². The van der Waals surface area contributed by atoms with Crippen LogP contribution in [0.5, 0.6) is 0 Å². The third-order valence-electron chi connectivity index (χ3n) is 5.20. The third kappa shape index (κ3) is 2.81. The zero-order valence-electron chi connectivity index (χ0n) is 14.6. The summed E-state index contributed by atoms with van der Waals surface area (Å²) in [5.41, 5.74) is 1.49. The Bertz CT molecular complexity index is 948. The molecule has 2 heterocycles. The van der Waals surface area contributed by atoms with Gasteiger partial charge in [-0.25, -0.2) is 0 Å². The first-order valence-corrected chi connectivity index (χ1v) is 8.99. The second-order valence-electron chi connectivity index (χ2n) is 7.00. The molecule has 1 aliphatic heterocycles. The van der Waals surface area contributed by atoms with Gasteiger partial charge in [-0.3, -0.25) is 19.0 Å². The highest BCUT2D eigenvalue weighted by molar-refractivity contribution is 6.12. The minimum Gasteiger partial charge on any atom is -0.366 e. The van der Waals surface area contributed by atoms with Crippen LogP contribution in [0.1, 0.15) is 54.6 Å². The summed E-state index contributed by atoms with van der Waals surface area (Å²) in [6, 6.07) is 10.3. The van der Waals surface area contributed by atoms with Gasteiger partial charge in [0, 0.05) is 30.3 Å². The number of anilines is 2. The van der Waals surface area contributed by atoms with Gasteiger partial charge in [0.2, 0.25) is 5.91 Å². The number of ketones is 1. The van der Waals surface area contributed by atoms with Gasteiger partial charge in [-0.1, -0.05) is 25.0 Å². The number of rotatable bonds is 3. The van der Waals surface area contributed by atoms with E-state index in [0.717, 1.165) is 25.7 Å². The van der Waals surface area contributed by atoms with Crippen molar-refractivity contribution in [3.8, 4) is 0 Å². The average molecular weight is 351 g/mol. The molecule has 6 heteroatoms. The second-order valence-corrected chi connectivity index (χ2v) is 7.00. The van der Waals surface area contributed by atoms with E-state index in [1.54, 1.807) is 34.9 Å². The van der Waals surface area contributed by atoms with Crippen molar-refractivity contribution in [2.75, 3.05) is 10.6 Å². The van der Waals surface area contributed by atoms with Crippen molar-refractivity contribution in [2.24, 2.45) is 0 Å². The molecule has 0 bridgehead atoms. The summed E-state index contributed by atoms with van der Waals surface area (Å²) < 4.78 is 1.76. The van der Waals surface area contributed by atoms with Gasteiger partial charge in [0.05, 0.1) is 11.6 Å². The van der Waals surface area contributed by atoms with E-state index < -0.39 is 0 Å². The number of nitrogens with one attached hydrogen (secondary N) is 2. The van der Waals surface area contributed by atoms with E-state index in [1.807, 2.05) is 0 Å². The van der Waals surface area contributed by atoms with E-state index >= 15 is 0 Å². The molecule has 1 aromatic carbocycles. The Morgan fingerprint density at radius 1 is 1.15 bits per heavy atom. The lowest BCUT2D eigenvalue weighted by molar-refractivity contribution is -0.114. The predicted octanol–water partition coefficient (Wildman–Crippen LogP) is 2.95. The van der Waals surface area contributed by atoms with Crippen molar-refractivity contribution in [1.29, 1.82) is 0 Å². The molecule has 2 atom stereocenters. The maximum Gasteiger partial charge on any atom is 0.252 e. The number of benzene rings is 1. The van der Waals surface area contributed by atoms with Crippen LogP contribution < -0.4 is 16.2 Å². The maximum atomic E-state index is 13.1. The Hall–Kier alpha value is -2.89. The number of hydrogen-bond donors (Lipinski definition) is 2. The van der Waals surface area contributed by atoms with Gasteiger partial charge in [0.15, 0.2) is 5.78 Å². The lowest BCUT2D eigenvalue weighted by Crippen LogP contribution is -2.29. The third-order valence-corrected chi connectivity index (χ3v) is 5.20. The Kier molecular flexibility index (Phi) is 4.11. The minimum absolute atomic E-state index is 0.0644. The molecule has 1 aliphatic carbocycles. The minimum atomic E-state index is -0.188. The topological polar surface area (TPSA) is 80.2 Å². The molecule has 0 unspecified atom stereocenters. The van der Waals surface area contributed by atoms with Crippen LogP contribution in [-0.4, -0.2) is 22.3 Å². The summed E-state index contributed by atoms with van der Waals surface area (Å²) in [6.07, 6.45) is 4.21. The molecule has 6 nitrogen and oxygen atoms in total. The van der Waals surface area contributed by atoms with E-state index in [2.05, 4.69) is 10.6 Å². The van der Waals surface area contributed by atoms with Gasteiger partial charge in [-0.05, 0) is 31.0 Å². The van der Waals surface area contributed by atoms with Crippen molar-refractivity contribution in [1.82, 2.24) is 4.57 Å². The van der Waals surface area contributed by atoms with Crippen LogP contribution in [-0.2, 0) is 4.79 Å². The molecule has 1 aromatic heterocycles. The van der Waals surface area contributed by atoms with Crippen LogP contribution in [0.25, 0.3) is 0 Å². The van der Waals surface area contributed by atoms with Crippen LogP contribution in [0.3, 0.4) is 0 Å². The summed E-state index contributed by atoms with van der Waals surface area (Å²) in [7, 11) is 0. The number of pyridine rings is 1. The van der Waals surface area contributed by atoms with Crippen molar-refractivity contribution in [3.05, 3.63) is 57.9 Å². The first-order valence-electron chi connectivity index (χ1n) is 8.99. The molecule has 0 radical (unpaired) electrons. The van der Waals surface area contributed by atoms with E-state index in [-0.39, 0.29) is 29.3 Å². The quantitative estimate of drug-likeness (QED) is 0.833. The zero-order chi connectivity index (χ0) is 18.3. The number of aromatic nitrogens is 1. The molecule has 2 aliphatic rings. The van der Waals surface area contributed by atoms with E-state index in [1.165, 1.54) is 13.0 Å².